The Morgan fingerprint density at radius 3 is 2.81 bits per heavy atom. The van der Waals surface area contributed by atoms with Gasteiger partial charge in [0.25, 0.3) is 5.91 Å². The molecule has 3 heterocycles. The molecule has 0 unspecified atom stereocenters. The van der Waals surface area contributed by atoms with Gasteiger partial charge in [0.2, 0.25) is 5.88 Å². The minimum atomic E-state index is -4.60. The van der Waals surface area contributed by atoms with E-state index in [0.29, 0.717) is 6.54 Å². The fraction of sp³-hybridized carbons (Fsp3) is 0.353. The third-order valence-electron chi connectivity index (χ3n) is 3.93. The smallest absolute Gasteiger partial charge is 0.417 e. The summed E-state index contributed by atoms with van der Waals surface area (Å²) in [5.41, 5.74) is -0.622. The first kappa shape index (κ1) is 19.2. The van der Waals surface area contributed by atoms with Crippen LogP contribution in [0, 0.1) is 6.92 Å². The maximum atomic E-state index is 13.5. The summed E-state index contributed by atoms with van der Waals surface area (Å²) in [6, 6.07) is 4.53. The first-order valence-electron chi connectivity index (χ1n) is 8.05. The molecule has 0 saturated heterocycles. The number of aryl methyl sites for hydroxylation is 2. The van der Waals surface area contributed by atoms with Gasteiger partial charge in [-0.05, 0) is 25.3 Å². The second-order valence-electron chi connectivity index (χ2n) is 5.97. The van der Waals surface area contributed by atoms with Crippen molar-refractivity contribution in [2.45, 2.75) is 32.7 Å². The lowest BCUT2D eigenvalue weighted by Gasteiger charge is -2.16. The number of pyridine rings is 1. The Labute approximate surface area is 157 Å². The van der Waals surface area contributed by atoms with Crippen LogP contribution < -0.4 is 10.1 Å². The van der Waals surface area contributed by atoms with Crippen molar-refractivity contribution in [3.05, 3.63) is 39.7 Å². The Morgan fingerprint density at radius 1 is 1.44 bits per heavy atom. The number of nitrogens with zero attached hydrogens (tertiary/aromatic N) is 3. The van der Waals surface area contributed by atoms with E-state index in [2.05, 4.69) is 15.4 Å². The maximum absolute atomic E-state index is 13.5. The highest BCUT2D eigenvalue weighted by atomic mass is 32.1. The number of nitrogens with one attached hydrogen (secondary N) is 1. The number of thiophene rings is 1. The molecule has 0 aliphatic carbocycles. The molecule has 1 amide bonds. The van der Waals surface area contributed by atoms with E-state index >= 15 is 0 Å². The summed E-state index contributed by atoms with van der Waals surface area (Å²) in [6.07, 6.45) is -5.61. The fourth-order valence-electron chi connectivity index (χ4n) is 2.67. The number of fused-ring (bicyclic) bond motifs is 1. The van der Waals surface area contributed by atoms with Crippen LogP contribution in [-0.4, -0.2) is 26.8 Å². The van der Waals surface area contributed by atoms with Crippen LogP contribution in [-0.2, 0) is 24.6 Å². The van der Waals surface area contributed by atoms with Crippen molar-refractivity contribution in [3.63, 3.8) is 0 Å². The minimum absolute atomic E-state index is 0.0449. The number of ether oxygens (including phenoxy) is 1. The van der Waals surface area contributed by atoms with Crippen LogP contribution in [0.3, 0.4) is 0 Å². The first-order chi connectivity index (χ1) is 12.7. The second-order valence-corrected chi connectivity index (χ2v) is 7.00. The molecule has 144 valence electrons. The number of hydrogen-bond acceptors (Lipinski definition) is 5. The molecule has 3 aromatic rings. The lowest BCUT2D eigenvalue weighted by Crippen LogP contribution is -2.36. The average molecular weight is 398 g/mol. The predicted molar refractivity (Wildman–Crippen MR) is 94.5 cm³/mol. The van der Waals surface area contributed by atoms with E-state index in [4.69, 9.17) is 4.74 Å². The van der Waals surface area contributed by atoms with E-state index in [0.717, 1.165) is 10.9 Å². The monoisotopic (exact) mass is 398 g/mol. The molecule has 0 aliphatic heterocycles. The quantitative estimate of drug-likeness (QED) is 0.715. The minimum Gasteiger partial charge on any atom is -0.464 e. The number of rotatable bonds is 5. The van der Waals surface area contributed by atoms with Gasteiger partial charge in [0, 0.05) is 18.0 Å². The van der Waals surface area contributed by atoms with Gasteiger partial charge >= 0.3 is 6.18 Å². The van der Waals surface area contributed by atoms with Gasteiger partial charge in [0.15, 0.2) is 11.8 Å². The molecule has 1 N–H and O–H groups in total. The Kier molecular flexibility index (Phi) is 5.09. The lowest BCUT2D eigenvalue weighted by atomic mass is 10.1. The maximum Gasteiger partial charge on any atom is 0.417 e. The average Bonchev–Trinajstić information content (AvgIpc) is 3.20. The molecule has 0 radical (unpaired) electrons. The summed E-state index contributed by atoms with van der Waals surface area (Å²) < 4.78 is 47.0. The molecule has 6 nitrogen and oxygen atoms in total. The van der Waals surface area contributed by atoms with E-state index in [1.807, 2.05) is 17.5 Å². The van der Waals surface area contributed by atoms with E-state index in [1.165, 1.54) is 36.9 Å². The predicted octanol–water partition coefficient (Wildman–Crippen LogP) is 3.44. The van der Waals surface area contributed by atoms with Crippen LogP contribution in [0.4, 0.5) is 13.2 Å². The lowest BCUT2D eigenvalue weighted by molar-refractivity contribution is -0.136. The Hall–Kier alpha value is -2.62. The molecule has 1 atom stereocenters. The van der Waals surface area contributed by atoms with Gasteiger partial charge in [0.05, 0.1) is 23.2 Å². The van der Waals surface area contributed by atoms with Gasteiger partial charge < -0.3 is 10.1 Å². The third kappa shape index (κ3) is 4.05. The molecule has 3 aromatic heterocycles. The topological polar surface area (TPSA) is 69.0 Å². The molecule has 27 heavy (non-hydrogen) atoms. The van der Waals surface area contributed by atoms with E-state index in [9.17, 15) is 18.0 Å². The highest BCUT2D eigenvalue weighted by Crippen LogP contribution is 2.37. The number of amides is 1. The Balaban J connectivity index is 1.83. The summed E-state index contributed by atoms with van der Waals surface area (Å²) in [6.45, 7) is 3.27. The summed E-state index contributed by atoms with van der Waals surface area (Å²) in [4.78, 5) is 17.2. The van der Waals surface area contributed by atoms with Gasteiger partial charge in [-0.3, -0.25) is 9.48 Å². The van der Waals surface area contributed by atoms with Crippen molar-refractivity contribution in [2.24, 2.45) is 7.05 Å². The SMILES string of the molecule is Cc1nn(C)c2nc(O[C@H](C)C(=O)NCc3cccs3)cc(C(F)(F)F)c12. The first-order valence-corrected chi connectivity index (χ1v) is 8.93. The molecule has 10 heteroatoms. The molecule has 0 bridgehead atoms. The highest BCUT2D eigenvalue weighted by Gasteiger charge is 2.36. The molecule has 0 spiro atoms. The van der Waals surface area contributed by atoms with Crippen LogP contribution in [0.25, 0.3) is 11.0 Å². The van der Waals surface area contributed by atoms with Crippen molar-refractivity contribution in [2.75, 3.05) is 0 Å². The van der Waals surface area contributed by atoms with Crippen LogP contribution in [0.2, 0.25) is 0 Å². The Bertz CT molecular complexity index is 967. The van der Waals surface area contributed by atoms with Gasteiger partial charge in [-0.2, -0.15) is 23.3 Å². The number of alkyl halides is 3. The number of hydrogen-bond donors (Lipinski definition) is 1. The second kappa shape index (κ2) is 7.18. The van der Waals surface area contributed by atoms with E-state index < -0.39 is 23.8 Å². The molecule has 0 saturated carbocycles. The van der Waals surface area contributed by atoms with Crippen molar-refractivity contribution in [1.82, 2.24) is 20.1 Å². The summed E-state index contributed by atoms with van der Waals surface area (Å²) in [5.74, 6) is -0.725. The van der Waals surface area contributed by atoms with Gasteiger partial charge in [-0.25, -0.2) is 0 Å². The summed E-state index contributed by atoms with van der Waals surface area (Å²) >= 11 is 1.49. The molecular weight excluding hydrogens is 381 g/mol. The summed E-state index contributed by atoms with van der Waals surface area (Å²) in [5, 5.41) is 8.49. The Morgan fingerprint density at radius 2 is 2.19 bits per heavy atom. The molecule has 0 aliphatic rings. The zero-order chi connectivity index (χ0) is 19.8. The standard InChI is InChI=1S/C17H17F3N4O2S/c1-9-14-12(17(18,19)20)7-13(22-15(14)24(3)23-9)26-10(2)16(25)21-8-11-5-4-6-27-11/h4-7,10H,8H2,1-3H3,(H,21,25)/t10-/m1/s1. The molecule has 0 fully saturated rings. The van der Waals surface area contributed by atoms with Crippen LogP contribution in [0.15, 0.2) is 23.6 Å². The zero-order valence-corrected chi connectivity index (χ0v) is 15.6. The molecule has 3 rings (SSSR count). The molecule has 0 aromatic carbocycles. The van der Waals surface area contributed by atoms with Crippen molar-refractivity contribution < 1.29 is 22.7 Å². The summed E-state index contributed by atoms with van der Waals surface area (Å²) in [7, 11) is 1.50. The zero-order valence-electron chi connectivity index (χ0n) is 14.8. The third-order valence-corrected chi connectivity index (χ3v) is 4.81. The van der Waals surface area contributed by atoms with Crippen molar-refractivity contribution in [1.29, 1.82) is 0 Å². The molecular formula is C17H17F3N4O2S. The van der Waals surface area contributed by atoms with Crippen LogP contribution in [0.1, 0.15) is 23.1 Å². The van der Waals surface area contributed by atoms with Crippen LogP contribution in [0.5, 0.6) is 5.88 Å². The van der Waals surface area contributed by atoms with Crippen molar-refractivity contribution in [3.8, 4) is 5.88 Å². The number of carbonyl (C=O) groups is 1. The fourth-order valence-corrected chi connectivity index (χ4v) is 3.32. The van der Waals surface area contributed by atoms with Crippen molar-refractivity contribution >= 4 is 28.3 Å². The van der Waals surface area contributed by atoms with Gasteiger partial charge in [-0.1, -0.05) is 6.07 Å². The number of halogens is 3. The van der Waals surface area contributed by atoms with E-state index in [1.54, 1.807) is 0 Å². The van der Waals surface area contributed by atoms with E-state index in [-0.39, 0.29) is 22.6 Å². The highest BCUT2D eigenvalue weighted by molar-refractivity contribution is 7.09. The van der Waals surface area contributed by atoms with Gasteiger partial charge in [0.1, 0.15) is 0 Å². The largest absolute Gasteiger partial charge is 0.464 e. The van der Waals surface area contributed by atoms with Crippen LogP contribution >= 0.6 is 11.3 Å². The van der Waals surface area contributed by atoms with Gasteiger partial charge in [-0.15, -0.1) is 11.3 Å². The number of aromatic nitrogens is 3. The number of carbonyl (C=O) groups excluding carboxylic acids is 1. The normalized spacial score (nSPS) is 13.0.